The highest BCUT2D eigenvalue weighted by Crippen LogP contribution is 2.35. The largest absolute Gasteiger partial charge is 0.484 e. The third kappa shape index (κ3) is 4.91. The lowest BCUT2D eigenvalue weighted by Crippen LogP contribution is -2.27. The first kappa shape index (κ1) is 18.6. The molecule has 1 aliphatic rings. The van der Waals surface area contributed by atoms with Crippen LogP contribution in [0, 0.1) is 0 Å². The molecular formula is C20H22N2O5. The topological polar surface area (TPSA) is 85.9 Å². The summed E-state index contributed by atoms with van der Waals surface area (Å²) < 4.78 is 16.0. The van der Waals surface area contributed by atoms with Crippen LogP contribution >= 0.6 is 0 Å². The summed E-state index contributed by atoms with van der Waals surface area (Å²) in [6, 6.07) is 12.0. The first-order valence-electron chi connectivity index (χ1n) is 8.87. The lowest BCUT2D eigenvalue weighted by atomic mass is 10.1. The minimum atomic E-state index is -0.360. The SMILES string of the molecule is CCCCNC(=O)c1ccccc1NC(=O)COc1ccc2c(c1)OCO2. The van der Waals surface area contributed by atoms with Gasteiger partial charge in [-0.05, 0) is 30.7 Å². The van der Waals surface area contributed by atoms with Gasteiger partial charge < -0.3 is 24.8 Å². The van der Waals surface area contributed by atoms with Crippen LogP contribution in [-0.2, 0) is 4.79 Å². The lowest BCUT2D eigenvalue weighted by molar-refractivity contribution is -0.118. The van der Waals surface area contributed by atoms with E-state index in [9.17, 15) is 9.59 Å². The highest BCUT2D eigenvalue weighted by molar-refractivity contribution is 6.04. The summed E-state index contributed by atoms with van der Waals surface area (Å²) in [4.78, 5) is 24.5. The second-order valence-corrected chi connectivity index (χ2v) is 6.01. The molecule has 0 bridgehead atoms. The van der Waals surface area contributed by atoms with Crippen LogP contribution < -0.4 is 24.8 Å². The molecule has 0 radical (unpaired) electrons. The van der Waals surface area contributed by atoms with Gasteiger partial charge in [0, 0.05) is 12.6 Å². The minimum absolute atomic E-state index is 0.177. The molecule has 1 aliphatic heterocycles. The Morgan fingerprint density at radius 2 is 1.93 bits per heavy atom. The molecule has 3 rings (SSSR count). The van der Waals surface area contributed by atoms with Crippen molar-refractivity contribution in [2.45, 2.75) is 19.8 Å². The van der Waals surface area contributed by atoms with Crippen molar-refractivity contribution in [3.8, 4) is 17.2 Å². The molecule has 0 aromatic heterocycles. The van der Waals surface area contributed by atoms with Gasteiger partial charge in [0.1, 0.15) is 5.75 Å². The number of hydrogen-bond donors (Lipinski definition) is 2. The summed E-state index contributed by atoms with van der Waals surface area (Å²) in [5.41, 5.74) is 0.871. The fourth-order valence-corrected chi connectivity index (χ4v) is 2.57. The predicted molar refractivity (Wildman–Crippen MR) is 100 cm³/mol. The summed E-state index contributed by atoms with van der Waals surface area (Å²) in [5.74, 6) is 1.16. The summed E-state index contributed by atoms with van der Waals surface area (Å²) in [5, 5.41) is 5.57. The molecular weight excluding hydrogens is 348 g/mol. The van der Waals surface area contributed by atoms with Crippen molar-refractivity contribution in [3.63, 3.8) is 0 Å². The molecule has 142 valence electrons. The van der Waals surface area contributed by atoms with Crippen molar-refractivity contribution in [1.29, 1.82) is 0 Å². The highest BCUT2D eigenvalue weighted by Gasteiger charge is 2.15. The van der Waals surface area contributed by atoms with Crippen LogP contribution in [0.4, 0.5) is 5.69 Å². The van der Waals surface area contributed by atoms with Crippen LogP contribution in [-0.4, -0.2) is 31.8 Å². The Morgan fingerprint density at radius 1 is 1.11 bits per heavy atom. The maximum Gasteiger partial charge on any atom is 0.262 e. The van der Waals surface area contributed by atoms with Crippen molar-refractivity contribution < 1.29 is 23.8 Å². The maximum absolute atomic E-state index is 12.3. The number of hydrogen-bond acceptors (Lipinski definition) is 5. The molecule has 0 saturated heterocycles. The molecule has 1 heterocycles. The zero-order valence-electron chi connectivity index (χ0n) is 15.1. The van der Waals surface area contributed by atoms with E-state index in [1.165, 1.54) is 0 Å². The van der Waals surface area contributed by atoms with Crippen LogP contribution in [0.25, 0.3) is 0 Å². The van der Waals surface area contributed by atoms with Gasteiger partial charge in [0.25, 0.3) is 11.8 Å². The molecule has 0 atom stereocenters. The number of benzene rings is 2. The number of carbonyl (C=O) groups excluding carboxylic acids is 2. The van der Waals surface area contributed by atoms with Crippen molar-refractivity contribution in [1.82, 2.24) is 5.32 Å². The van der Waals surface area contributed by atoms with Gasteiger partial charge in [-0.3, -0.25) is 9.59 Å². The Labute approximate surface area is 157 Å². The van der Waals surface area contributed by atoms with Crippen molar-refractivity contribution in [3.05, 3.63) is 48.0 Å². The third-order valence-electron chi connectivity index (χ3n) is 3.98. The van der Waals surface area contributed by atoms with Crippen LogP contribution in [0.3, 0.4) is 0 Å². The summed E-state index contributed by atoms with van der Waals surface area (Å²) >= 11 is 0. The van der Waals surface area contributed by atoms with Gasteiger partial charge in [0.15, 0.2) is 18.1 Å². The molecule has 0 unspecified atom stereocenters. The fraction of sp³-hybridized carbons (Fsp3) is 0.300. The maximum atomic E-state index is 12.3. The number of amides is 2. The number of para-hydroxylation sites is 1. The Hall–Kier alpha value is -3.22. The quantitative estimate of drug-likeness (QED) is 0.698. The molecule has 2 amide bonds. The van der Waals surface area contributed by atoms with Crippen LogP contribution in [0.1, 0.15) is 30.1 Å². The average Bonchev–Trinajstić information content (AvgIpc) is 3.15. The molecule has 7 heteroatoms. The number of unbranched alkanes of at least 4 members (excludes halogenated alkanes) is 1. The van der Waals surface area contributed by atoms with Gasteiger partial charge in [-0.1, -0.05) is 25.5 Å². The number of rotatable bonds is 8. The molecule has 0 fully saturated rings. The zero-order chi connectivity index (χ0) is 19.1. The number of fused-ring (bicyclic) bond motifs is 1. The van der Waals surface area contributed by atoms with Gasteiger partial charge in [0.05, 0.1) is 11.3 Å². The second-order valence-electron chi connectivity index (χ2n) is 6.01. The Balaban J connectivity index is 1.57. The number of carbonyl (C=O) groups is 2. The molecule has 2 N–H and O–H groups in total. The minimum Gasteiger partial charge on any atom is -0.484 e. The van der Waals surface area contributed by atoms with E-state index in [0.29, 0.717) is 35.0 Å². The monoisotopic (exact) mass is 370 g/mol. The summed E-state index contributed by atoms with van der Waals surface area (Å²) in [6.45, 7) is 2.65. The Morgan fingerprint density at radius 3 is 2.78 bits per heavy atom. The average molecular weight is 370 g/mol. The number of nitrogens with one attached hydrogen (secondary N) is 2. The van der Waals surface area contributed by atoms with E-state index < -0.39 is 0 Å². The van der Waals surface area contributed by atoms with E-state index in [0.717, 1.165) is 12.8 Å². The van der Waals surface area contributed by atoms with Crippen molar-refractivity contribution in [2.24, 2.45) is 0 Å². The summed E-state index contributed by atoms with van der Waals surface area (Å²) in [6.07, 6.45) is 1.90. The first-order valence-corrected chi connectivity index (χ1v) is 8.87. The van der Waals surface area contributed by atoms with Gasteiger partial charge in [0.2, 0.25) is 6.79 Å². The van der Waals surface area contributed by atoms with Crippen molar-refractivity contribution in [2.75, 3.05) is 25.3 Å². The normalized spacial score (nSPS) is 11.7. The lowest BCUT2D eigenvalue weighted by Gasteiger charge is -2.12. The molecule has 0 saturated carbocycles. The van der Waals surface area contributed by atoms with Crippen LogP contribution in [0.15, 0.2) is 42.5 Å². The van der Waals surface area contributed by atoms with Crippen molar-refractivity contribution >= 4 is 17.5 Å². The zero-order valence-corrected chi connectivity index (χ0v) is 15.1. The predicted octanol–water partition coefficient (Wildman–Crippen LogP) is 2.96. The number of ether oxygens (including phenoxy) is 3. The van der Waals surface area contributed by atoms with E-state index in [1.807, 2.05) is 0 Å². The molecule has 27 heavy (non-hydrogen) atoms. The van der Waals surface area contributed by atoms with Gasteiger partial charge in [-0.25, -0.2) is 0 Å². The van der Waals surface area contributed by atoms with E-state index in [4.69, 9.17) is 14.2 Å². The second kappa shape index (κ2) is 8.93. The van der Waals surface area contributed by atoms with E-state index >= 15 is 0 Å². The molecule has 0 spiro atoms. The first-order chi connectivity index (χ1) is 13.2. The molecule has 2 aromatic rings. The Bertz CT molecular complexity index is 822. The van der Waals surface area contributed by atoms with E-state index in [-0.39, 0.29) is 25.2 Å². The van der Waals surface area contributed by atoms with Gasteiger partial charge in [-0.15, -0.1) is 0 Å². The number of anilines is 1. The van der Waals surface area contributed by atoms with Gasteiger partial charge >= 0.3 is 0 Å². The third-order valence-corrected chi connectivity index (χ3v) is 3.98. The van der Waals surface area contributed by atoms with Crippen LogP contribution in [0.5, 0.6) is 17.2 Å². The van der Waals surface area contributed by atoms with Gasteiger partial charge in [-0.2, -0.15) is 0 Å². The standard InChI is InChI=1S/C20H22N2O5/c1-2-3-10-21-20(24)15-6-4-5-7-16(15)22-19(23)12-25-14-8-9-17-18(11-14)27-13-26-17/h4-9,11H,2-3,10,12-13H2,1H3,(H,21,24)(H,22,23). The molecule has 7 nitrogen and oxygen atoms in total. The Kier molecular flexibility index (Phi) is 6.14. The van der Waals surface area contributed by atoms with Crippen LogP contribution in [0.2, 0.25) is 0 Å². The van der Waals surface area contributed by atoms with E-state index in [2.05, 4.69) is 17.6 Å². The summed E-state index contributed by atoms with van der Waals surface area (Å²) in [7, 11) is 0. The smallest absolute Gasteiger partial charge is 0.262 e. The van der Waals surface area contributed by atoms with E-state index in [1.54, 1.807) is 42.5 Å². The molecule has 0 aliphatic carbocycles. The highest BCUT2D eigenvalue weighted by atomic mass is 16.7. The molecule has 2 aromatic carbocycles. The fourth-order valence-electron chi connectivity index (χ4n) is 2.57.